The minimum absolute atomic E-state index is 0.0359. The molecule has 0 spiro atoms. The fraction of sp³-hybridized carbons (Fsp3) is 0.333. The highest BCUT2D eigenvalue weighted by molar-refractivity contribution is 7.87. The Bertz CT molecular complexity index is 1020. The summed E-state index contributed by atoms with van der Waals surface area (Å²) < 4.78 is 30.1. The molecule has 146 valence electrons. The minimum atomic E-state index is -4.00. The van der Waals surface area contributed by atoms with Gasteiger partial charge in [0, 0.05) is 6.07 Å². The molecule has 2 aliphatic rings. The van der Waals surface area contributed by atoms with Gasteiger partial charge in [-0.15, -0.1) is 0 Å². The normalized spacial score (nSPS) is 24.9. The Labute approximate surface area is 164 Å². The lowest BCUT2D eigenvalue weighted by atomic mass is 9.76. The predicted molar refractivity (Wildman–Crippen MR) is 103 cm³/mol. The Morgan fingerprint density at radius 3 is 2.39 bits per heavy atom. The fourth-order valence-corrected chi connectivity index (χ4v) is 5.02. The van der Waals surface area contributed by atoms with E-state index in [0.29, 0.717) is 24.4 Å². The van der Waals surface area contributed by atoms with Gasteiger partial charge in [-0.25, -0.2) is 4.90 Å². The number of anilines is 1. The van der Waals surface area contributed by atoms with Gasteiger partial charge in [-0.05, 0) is 49.4 Å². The molecule has 2 fully saturated rings. The summed E-state index contributed by atoms with van der Waals surface area (Å²) in [6, 6.07) is 13.9. The molecule has 1 aliphatic carbocycles. The number of carbonyl (C=O) groups is 2. The van der Waals surface area contributed by atoms with Crippen LogP contribution in [0, 0.1) is 17.8 Å². The van der Waals surface area contributed by atoms with Crippen molar-refractivity contribution in [2.75, 3.05) is 4.90 Å². The standard InChI is InChI=1S/C21H21NO5S/c1-14-10-11-18-19(12-14)21(24)22(20(18)23)15-6-5-7-16(13-15)27-28(25,26)17-8-3-2-4-9-17/h2-9,13-14,18-19H,10-12H2,1H3/t14-,18+,19+/m1/s1. The quantitative estimate of drug-likeness (QED) is 0.582. The van der Waals surface area contributed by atoms with Crippen molar-refractivity contribution in [2.45, 2.75) is 31.1 Å². The van der Waals surface area contributed by atoms with Gasteiger partial charge in [-0.3, -0.25) is 9.59 Å². The molecule has 7 heteroatoms. The average Bonchev–Trinajstić information content (AvgIpc) is 2.92. The zero-order valence-electron chi connectivity index (χ0n) is 15.4. The Balaban J connectivity index is 1.61. The molecule has 1 saturated heterocycles. The third-order valence-corrected chi connectivity index (χ3v) is 6.76. The minimum Gasteiger partial charge on any atom is -0.379 e. The van der Waals surface area contributed by atoms with E-state index in [9.17, 15) is 18.0 Å². The van der Waals surface area contributed by atoms with Crippen LogP contribution in [0.5, 0.6) is 5.75 Å². The zero-order valence-corrected chi connectivity index (χ0v) is 16.3. The van der Waals surface area contributed by atoms with Gasteiger partial charge in [-0.1, -0.05) is 31.2 Å². The molecule has 2 amide bonds. The van der Waals surface area contributed by atoms with Crippen LogP contribution in [0.4, 0.5) is 5.69 Å². The van der Waals surface area contributed by atoms with E-state index in [1.165, 1.54) is 29.2 Å². The second-order valence-corrected chi connectivity index (χ2v) is 9.04. The van der Waals surface area contributed by atoms with Crippen LogP contribution >= 0.6 is 0 Å². The van der Waals surface area contributed by atoms with Crippen molar-refractivity contribution in [3.05, 3.63) is 54.6 Å². The highest BCUT2D eigenvalue weighted by Crippen LogP contribution is 2.42. The van der Waals surface area contributed by atoms with Crippen LogP contribution in [-0.4, -0.2) is 20.2 Å². The van der Waals surface area contributed by atoms with Gasteiger partial charge >= 0.3 is 10.1 Å². The molecule has 0 bridgehead atoms. The van der Waals surface area contributed by atoms with Crippen molar-refractivity contribution in [1.82, 2.24) is 0 Å². The number of hydrogen-bond donors (Lipinski definition) is 0. The topological polar surface area (TPSA) is 80.8 Å². The van der Waals surface area contributed by atoms with Crippen molar-refractivity contribution < 1.29 is 22.2 Å². The number of carbonyl (C=O) groups excluding carboxylic acids is 2. The number of hydrogen-bond acceptors (Lipinski definition) is 5. The second-order valence-electron chi connectivity index (χ2n) is 7.49. The molecule has 2 aromatic carbocycles. The molecule has 0 unspecified atom stereocenters. The Hall–Kier alpha value is -2.67. The summed E-state index contributed by atoms with van der Waals surface area (Å²) in [6.07, 6.45) is 2.36. The molecule has 1 saturated carbocycles. The van der Waals surface area contributed by atoms with Crippen molar-refractivity contribution >= 4 is 27.6 Å². The maximum absolute atomic E-state index is 12.9. The lowest BCUT2D eigenvalue weighted by Gasteiger charge is -2.25. The lowest BCUT2D eigenvalue weighted by Crippen LogP contribution is -2.30. The first-order chi connectivity index (χ1) is 13.4. The summed E-state index contributed by atoms with van der Waals surface area (Å²) in [4.78, 5) is 26.9. The molecule has 0 aromatic heterocycles. The van der Waals surface area contributed by atoms with Gasteiger partial charge in [0.15, 0.2) is 0 Å². The maximum Gasteiger partial charge on any atom is 0.339 e. The molecule has 6 nitrogen and oxygen atoms in total. The van der Waals surface area contributed by atoms with Crippen LogP contribution in [0.1, 0.15) is 26.2 Å². The number of imide groups is 1. The molecule has 0 radical (unpaired) electrons. The zero-order chi connectivity index (χ0) is 19.9. The van der Waals surface area contributed by atoms with Crippen molar-refractivity contribution in [1.29, 1.82) is 0 Å². The summed E-state index contributed by atoms with van der Waals surface area (Å²) in [6.45, 7) is 2.10. The number of benzene rings is 2. The number of rotatable bonds is 4. The van der Waals surface area contributed by atoms with Crippen LogP contribution in [0.2, 0.25) is 0 Å². The average molecular weight is 399 g/mol. The predicted octanol–water partition coefficient (Wildman–Crippen LogP) is 3.38. The van der Waals surface area contributed by atoms with E-state index in [1.54, 1.807) is 30.3 Å². The van der Waals surface area contributed by atoms with Crippen molar-refractivity contribution in [3.63, 3.8) is 0 Å². The summed E-state index contributed by atoms with van der Waals surface area (Å²) in [5, 5.41) is 0. The van der Waals surface area contributed by atoms with E-state index in [0.717, 1.165) is 6.42 Å². The van der Waals surface area contributed by atoms with Gasteiger partial charge in [0.05, 0.1) is 17.5 Å². The van der Waals surface area contributed by atoms with Crippen LogP contribution in [0.3, 0.4) is 0 Å². The van der Waals surface area contributed by atoms with Gasteiger partial charge in [0.1, 0.15) is 10.6 Å². The van der Waals surface area contributed by atoms with Crippen LogP contribution in [-0.2, 0) is 19.7 Å². The molecule has 28 heavy (non-hydrogen) atoms. The Kier molecular flexibility index (Phi) is 4.71. The van der Waals surface area contributed by atoms with Gasteiger partial charge < -0.3 is 4.18 Å². The lowest BCUT2D eigenvalue weighted by molar-refractivity contribution is -0.122. The highest BCUT2D eigenvalue weighted by atomic mass is 32.2. The Morgan fingerprint density at radius 1 is 0.929 bits per heavy atom. The molecule has 2 aromatic rings. The van der Waals surface area contributed by atoms with E-state index >= 15 is 0 Å². The molecule has 3 atom stereocenters. The SMILES string of the molecule is C[C@@H]1CC[C@@H]2C(=O)N(c3cccc(OS(=O)(=O)c4ccccc4)c3)C(=O)[C@H]2C1. The summed E-state index contributed by atoms with van der Waals surface area (Å²) in [5.41, 5.74) is 0.345. The smallest absolute Gasteiger partial charge is 0.339 e. The van der Waals surface area contributed by atoms with E-state index in [1.807, 2.05) is 0 Å². The summed E-state index contributed by atoms with van der Waals surface area (Å²) in [5.74, 6) is -0.487. The third kappa shape index (κ3) is 3.30. The van der Waals surface area contributed by atoms with Gasteiger partial charge in [0.2, 0.25) is 11.8 Å². The van der Waals surface area contributed by atoms with E-state index < -0.39 is 10.1 Å². The van der Waals surface area contributed by atoms with Gasteiger partial charge in [-0.2, -0.15) is 8.42 Å². The molecule has 1 heterocycles. The highest BCUT2D eigenvalue weighted by Gasteiger charge is 2.50. The second kappa shape index (κ2) is 7.05. The first kappa shape index (κ1) is 18.7. The molecule has 0 N–H and O–H groups in total. The number of amides is 2. The van der Waals surface area contributed by atoms with Crippen molar-refractivity contribution in [3.8, 4) is 5.75 Å². The first-order valence-corrected chi connectivity index (χ1v) is 10.7. The van der Waals surface area contributed by atoms with Crippen molar-refractivity contribution in [2.24, 2.45) is 17.8 Å². The summed E-state index contributed by atoms with van der Waals surface area (Å²) in [7, 11) is -4.00. The van der Waals surface area contributed by atoms with E-state index in [4.69, 9.17) is 4.18 Å². The van der Waals surface area contributed by atoms with Crippen LogP contribution in [0.25, 0.3) is 0 Å². The number of fused-ring (bicyclic) bond motifs is 1. The number of nitrogens with zero attached hydrogens (tertiary/aromatic N) is 1. The van der Waals surface area contributed by atoms with Crippen LogP contribution in [0.15, 0.2) is 59.5 Å². The largest absolute Gasteiger partial charge is 0.379 e. The molecular formula is C21H21NO5S. The third-order valence-electron chi connectivity index (χ3n) is 5.50. The molecule has 4 rings (SSSR count). The van der Waals surface area contributed by atoms with E-state index in [-0.39, 0.29) is 34.3 Å². The first-order valence-electron chi connectivity index (χ1n) is 9.34. The summed E-state index contributed by atoms with van der Waals surface area (Å²) >= 11 is 0. The fourth-order valence-electron chi connectivity index (χ4n) is 4.08. The van der Waals surface area contributed by atoms with Crippen LogP contribution < -0.4 is 9.08 Å². The monoisotopic (exact) mass is 399 g/mol. The molecule has 1 aliphatic heterocycles. The van der Waals surface area contributed by atoms with Gasteiger partial charge in [0.25, 0.3) is 0 Å². The maximum atomic E-state index is 12.9. The molecular weight excluding hydrogens is 378 g/mol. The van der Waals surface area contributed by atoms with E-state index in [2.05, 4.69) is 6.92 Å². The Morgan fingerprint density at radius 2 is 1.64 bits per heavy atom.